The molecule has 0 spiro atoms. The Hall–Kier alpha value is -1.11. The molecule has 0 saturated carbocycles. The predicted molar refractivity (Wildman–Crippen MR) is 98.8 cm³/mol. The van der Waals surface area contributed by atoms with E-state index in [1.807, 2.05) is 19.9 Å². The van der Waals surface area contributed by atoms with Gasteiger partial charge in [-0.1, -0.05) is 18.2 Å². The Labute approximate surface area is 159 Å². The van der Waals surface area contributed by atoms with Crippen LogP contribution in [0.25, 0.3) is 0 Å². The van der Waals surface area contributed by atoms with Crippen LogP contribution < -0.4 is 5.32 Å². The maximum absolute atomic E-state index is 13.2. The van der Waals surface area contributed by atoms with Crippen molar-refractivity contribution in [3.8, 4) is 0 Å². The number of nitrogens with one attached hydrogen (secondary N) is 1. The highest BCUT2D eigenvalue weighted by Gasteiger charge is 2.42. The van der Waals surface area contributed by atoms with Gasteiger partial charge in [0.25, 0.3) is 0 Å². The lowest BCUT2D eigenvalue weighted by Gasteiger charge is -2.46. The average molecular weight is 385 g/mol. The second-order valence-corrected chi connectivity index (χ2v) is 8.48. The summed E-state index contributed by atoms with van der Waals surface area (Å²) in [5, 5.41) is 3.45. The number of hydrogen-bond donors (Lipinski definition) is 1. The molecule has 3 nitrogen and oxygen atoms in total. The number of rotatable bonds is 6. The zero-order valence-corrected chi connectivity index (χ0v) is 16.2. The fourth-order valence-corrected chi connectivity index (χ4v) is 4.50. The lowest BCUT2D eigenvalue weighted by atomic mass is 9.67. The summed E-state index contributed by atoms with van der Waals surface area (Å²) in [6.07, 6.45) is 0.352. The van der Waals surface area contributed by atoms with Crippen LogP contribution in [0.5, 0.6) is 0 Å². The first-order valence-electron chi connectivity index (χ1n) is 9.84. The molecule has 3 rings (SSSR count). The van der Waals surface area contributed by atoms with E-state index in [0.29, 0.717) is 13.0 Å². The first-order valence-corrected chi connectivity index (χ1v) is 9.84. The second kappa shape index (κ2) is 8.10. The molecule has 2 unspecified atom stereocenters. The maximum atomic E-state index is 13.2. The number of halogens is 3. The van der Waals surface area contributed by atoms with E-state index >= 15 is 0 Å². The summed E-state index contributed by atoms with van der Waals surface area (Å²) < 4.78 is 51.2. The van der Waals surface area contributed by atoms with Gasteiger partial charge in [0.2, 0.25) is 0 Å². The Morgan fingerprint density at radius 2 is 2.04 bits per heavy atom. The van der Waals surface area contributed by atoms with E-state index in [1.54, 1.807) is 0 Å². The van der Waals surface area contributed by atoms with Gasteiger partial charge in [0.15, 0.2) is 0 Å². The number of benzene rings is 1. The van der Waals surface area contributed by atoms with Crippen molar-refractivity contribution in [2.45, 2.75) is 69.2 Å². The van der Waals surface area contributed by atoms with Crippen molar-refractivity contribution >= 4 is 0 Å². The Balaban J connectivity index is 1.76. The largest absolute Gasteiger partial charge is 0.416 e. The zero-order valence-electron chi connectivity index (χ0n) is 16.2. The van der Waals surface area contributed by atoms with Gasteiger partial charge in [-0.15, -0.1) is 0 Å². The van der Waals surface area contributed by atoms with Crippen LogP contribution >= 0.6 is 0 Å². The van der Waals surface area contributed by atoms with Crippen molar-refractivity contribution in [2.75, 3.05) is 26.3 Å². The highest BCUT2D eigenvalue weighted by Crippen LogP contribution is 2.45. The van der Waals surface area contributed by atoms with Crippen molar-refractivity contribution < 1.29 is 22.6 Å². The third-order valence-corrected chi connectivity index (χ3v) is 5.82. The molecular weight excluding hydrogens is 355 g/mol. The molecule has 0 aromatic heterocycles. The van der Waals surface area contributed by atoms with E-state index in [0.717, 1.165) is 57.0 Å². The van der Waals surface area contributed by atoms with Crippen LogP contribution in [0, 0.1) is 0 Å². The molecule has 2 aliphatic heterocycles. The van der Waals surface area contributed by atoms with Gasteiger partial charge >= 0.3 is 6.18 Å². The molecule has 2 saturated heterocycles. The van der Waals surface area contributed by atoms with Crippen molar-refractivity contribution in [2.24, 2.45) is 0 Å². The summed E-state index contributed by atoms with van der Waals surface area (Å²) in [6.45, 7) is 6.99. The van der Waals surface area contributed by atoms with Gasteiger partial charge in [-0.2, -0.15) is 13.2 Å². The van der Waals surface area contributed by atoms with Crippen LogP contribution in [0.2, 0.25) is 0 Å². The van der Waals surface area contributed by atoms with Crippen LogP contribution in [0.15, 0.2) is 24.3 Å². The zero-order chi connectivity index (χ0) is 19.5. The molecule has 152 valence electrons. The minimum Gasteiger partial charge on any atom is -0.377 e. The number of hydrogen-bond acceptors (Lipinski definition) is 3. The molecule has 2 atom stereocenters. The lowest BCUT2D eigenvalue weighted by molar-refractivity contribution is -0.137. The third-order valence-electron chi connectivity index (χ3n) is 5.82. The fraction of sp³-hybridized carbons (Fsp3) is 0.714. The highest BCUT2D eigenvalue weighted by atomic mass is 19.4. The van der Waals surface area contributed by atoms with Crippen molar-refractivity contribution in [3.05, 3.63) is 35.4 Å². The maximum Gasteiger partial charge on any atom is 0.416 e. The summed E-state index contributed by atoms with van der Waals surface area (Å²) in [5.41, 5.74) is -0.461. The summed E-state index contributed by atoms with van der Waals surface area (Å²) >= 11 is 0. The molecule has 1 aromatic rings. The molecule has 1 aromatic carbocycles. The topological polar surface area (TPSA) is 30.5 Å². The minimum atomic E-state index is -4.32. The van der Waals surface area contributed by atoms with Crippen LogP contribution in [0.1, 0.15) is 57.1 Å². The van der Waals surface area contributed by atoms with Crippen LogP contribution in [-0.2, 0) is 21.1 Å². The van der Waals surface area contributed by atoms with E-state index < -0.39 is 11.7 Å². The van der Waals surface area contributed by atoms with Gasteiger partial charge in [-0.05, 0) is 64.1 Å². The molecule has 2 heterocycles. The standard InChI is InChI=1S/C21H30F3NO2/c1-19(2)15-20(9-12-27-19,8-10-25-14-18-7-4-11-26-18)16-5-3-6-17(13-16)21(22,23)24/h3,5-6,13,18,25H,4,7-12,14-15H2,1-2H3. The van der Waals surface area contributed by atoms with Gasteiger partial charge in [0, 0.05) is 25.2 Å². The minimum absolute atomic E-state index is 0.264. The van der Waals surface area contributed by atoms with Gasteiger partial charge < -0.3 is 14.8 Å². The van der Waals surface area contributed by atoms with Crippen LogP contribution in [-0.4, -0.2) is 38.0 Å². The summed E-state index contributed by atoms with van der Waals surface area (Å²) in [5.74, 6) is 0. The van der Waals surface area contributed by atoms with E-state index in [2.05, 4.69) is 5.32 Å². The van der Waals surface area contributed by atoms with Crippen LogP contribution in [0.3, 0.4) is 0 Å². The molecule has 0 amide bonds. The number of ether oxygens (including phenoxy) is 2. The fourth-order valence-electron chi connectivity index (χ4n) is 4.50. The van der Waals surface area contributed by atoms with E-state index in [9.17, 15) is 13.2 Å². The smallest absolute Gasteiger partial charge is 0.377 e. The molecule has 1 N–H and O–H groups in total. The monoisotopic (exact) mass is 385 g/mol. The Morgan fingerprint density at radius 1 is 1.22 bits per heavy atom. The summed E-state index contributed by atoms with van der Waals surface area (Å²) in [4.78, 5) is 0. The van der Waals surface area contributed by atoms with Gasteiger partial charge in [-0.3, -0.25) is 0 Å². The molecule has 2 fully saturated rings. The Morgan fingerprint density at radius 3 is 2.70 bits per heavy atom. The molecule has 0 radical (unpaired) electrons. The van der Waals surface area contributed by atoms with E-state index in [1.165, 1.54) is 12.1 Å². The molecule has 2 aliphatic rings. The molecule has 0 aliphatic carbocycles. The quantitative estimate of drug-likeness (QED) is 0.721. The van der Waals surface area contributed by atoms with Gasteiger partial charge in [0.1, 0.15) is 0 Å². The van der Waals surface area contributed by atoms with E-state index in [-0.39, 0.29) is 17.1 Å². The number of alkyl halides is 3. The molecule has 0 bridgehead atoms. The normalized spacial score (nSPS) is 28.4. The lowest BCUT2D eigenvalue weighted by Crippen LogP contribution is -2.45. The van der Waals surface area contributed by atoms with Crippen molar-refractivity contribution in [1.29, 1.82) is 0 Å². The first-order chi connectivity index (χ1) is 12.7. The van der Waals surface area contributed by atoms with E-state index in [4.69, 9.17) is 9.47 Å². The molecule has 6 heteroatoms. The van der Waals surface area contributed by atoms with Crippen molar-refractivity contribution in [1.82, 2.24) is 5.32 Å². The summed E-state index contributed by atoms with van der Waals surface area (Å²) in [6, 6.07) is 5.86. The summed E-state index contributed by atoms with van der Waals surface area (Å²) in [7, 11) is 0. The predicted octanol–water partition coefficient (Wildman–Crippen LogP) is 4.69. The Bertz CT molecular complexity index is 626. The highest BCUT2D eigenvalue weighted by molar-refractivity contribution is 5.33. The average Bonchev–Trinajstić information content (AvgIpc) is 3.11. The molecule has 27 heavy (non-hydrogen) atoms. The van der Waals surface area contributed by atoms with Crippen molar-refractivity contribution in [3.63, 3.8) is 0 Å². The second-order valence-electron chi connectivity index (χ2n) is 8.48. The van der Waals surface area contributed by atoms with Gasteiger partial charge in [-0.25, -0.2) is 0 Å². The SMILES string of the molecule is CC1(C)CC(CCNCC2CCCO2)(c2cccc(C(F)(F)F)c2)CCO1. The Kier molecular flexibility index (Phi) is 6.18. The third kappa shape index (κ3) is 5.24. The van der Waals surface area contributed by atoms with Crippen LogP contribution in [0.4, 0.5) is 13.2 Å². The first kappa shape index (κ1) is 20.6. The van der Waals surface area contributed by atoms with Gasteiger partial charge in [0.05, 0.1) is 17.3 Å². The molecular formula is C21H30F3NO2.